The molecule has 1 fully saturated rings. The predicted molar refractivity (Wildman–Crippen MR) is 107 cm³/mol. The topological polar surface area (TPSA) is 86.2 Å². The fourth-order valence-electron chi connectivity index (χ4n) is 3.05. The van der Waals surface area contributed by atoms with Gasteiger partial charge in [0, 0.05) is 32.1 Å². The van der Waals surface area contributed by atoms with E-state index in [0.29, 0.717) is 32.0 Å². The van der Waals surface area contributed by atoms with Crippen LogP contribution in [0.3, 0.4) is 0 Å². The third-order valence-electron chi connectivity index (χ3n) is 4.59. The van der Waals surface area contributed by atoms with Crippen molar-refractivity contribution < 1.29 is 27.8 Å². The number of likely N-dealkylation sites (tertiary alicyclic amines) is 1. The van der Waals surface area contributed by atoms with Crippen LogP contribution in [0.15, 0.2) is 29.3 Å². The van der Waals surface area contributed by atoms with E-state index in [4.69, 9.17) is 4.74 Å². The number of nitrogens with one attached hydrogen (secondary N) is 2. The zero-order valence-electron chi connectivity index (χ0n) is 17.2. The van der Waals surface area contributed by atoms with E-state index in [1.165, 1.54) is 12.1 Å². The van der Waals surface area contributed by atoms with Gasteiger partial charge in [0.25, 0.3) is 0 Å². The molecule has 168 valence electrons. The quantitative estimate of drug-likeness (QED) is 0.434. The highest BCUT2D eigenvalue weighted by Gasteiger charge is 2.30. The minimum absolute atomic E-state index is 0.0125. The van der Waals surface area contributed by atoms with Crippen molar-refractivity contribution in [3.05, 3.63) is 29.8 Å². The summed E-state index contributed by atoms with van der Waals surface area (Å²) in [6.45, 7) is 5.47. The molecule has 0 bridgehead atoms. The first-order valence-electron chi connectivity index (χ1n) is 10.0. The Balaban J connectivity index is 1.85. The van der Waals surface area contributed by atoms with Gasteiger partial charge in [0.2, 0.25) is 5.91 Å². The molecule has 10 heteroatoms. The average Bonchev–Trinajstić information content (AvgIpc) is 3.18. The molecule has 3 N–H and O–H groups in total. The van der Waals surface area contributed by atoms with Crippen LogP contribution in [0.2, 0.25) is 0 Å². The molecule has 1 aromatic carbocycles. The number of aliphatic hydroxyl groups excluding tert-OH is 1. The summed E-state index contributed by atoms with van der Waals surface area (Å²) in [7, 11) is 0. The molecule has 0 aliphatic carbocycles. The van der Waals surface area contributed by atoms with Crippen LogP contribution in [-0.2, 0) is 11.0 Å². The molecule has 1 aromatic rings. The molecule has 0 aromatic heterocycles. The molecule has 1 saturated heterocycles. The largest absolute Gasteiger partial charge is 0.491 e. The lowest BCUT2D eigenvalue weighted by molar-refractivity contribution is -0.137. The summed E-state index contributed by atoms with van der Waals surface area (Å²) in [5.74, 6) is 0.652. The second kappa shape index (κ2) is 11.1. The van der Waals surface area contributed by atoms with Gasteiger partial charge < -0.3 is 25.4 Å². The molecule has 0 spiro atoms. The van der Waals surface area contributed by atoms with Crippen LogP contribution < -0.4 is 15.4 Å². The summed E-state index contributed by atoms with van der Waals surface area (Å²) in [4.78, 5) is 17.9. The number of hydrogen-bond acceptors (Lipinski definition) is 4. The molecular weight excluding hydrogens is 401 g/mol. The minimum atomic E-state index is -4.45. The molecule has 30 heavy (non-hydrogen) atoms. The Morgan fingerprint density at radius 1 is 1.40 bits per heavy atom. The van der Waals surface area contributed by atoms with Crippen molar-refractivity contribution in [3.63, 3.8) is 0 Å². The second-order valence-electron chi connectivity index (χ2n) is 7.03. The Morgan fingerprint density at radius 3 is 2.83 bits per heavy atom. The molecule has 2 atom stereocenters. The number of amides is 1. The van der Waals surface area contributed by atoms with E-state index in [-0.39, 0.29) is 30.9 Å². The number of benzene rings is 1. The van der Waals surface area contributed by atoms with Crippen LogP contribution in [-0.4, -0.2) is 66.8 Å². The standard InChI is InChI=1S/C20H29F3N4O3/c1-3-18(29)27-9-8-15(12-27)26-19(24-4-2)25-11-16(28)13-30-17-7-5-6-14(10-17)20(21,22)23/h5-7,10,15-16,28H,3-4,8-9,11-13H2,1-2H3,(H2,24,25,26). The van der Waals surface area contributed by atoms with Crippen molar-refractivity contribution in [2.45, 2.75) is 45.0 Å². The van der Waals surface area contributed by atoms with Crippen molar-refractivity contribution in [1.82, 2.24) is 15.5 Å². The first-order chi connectivity index (χ1) is 14.2. The number of halogens is 3. The third kappa shape index (κ3) is 7.40. The van der Waals surface area contributed by atoms with Gasteiger partial charge >= 0.3 is 6.18 Å². The van der Waals surface area contributed by atoms with Crippen molar-refractivity contribution in [2.24, 2.45) is 4.99 Å². The first kappa shape index (κ1) is 23.8. The molecule has 0 saturated carbocycles. The Hall–Kier alpha value is -2.49. The molecule has 7 nitrogen and oxygen atoms in total. The van der Waals surface area contributed by atoms with Crippen LogP contribution >= 0.6 is 0 Å². The fraction of sp³-hybridized carbons (Fsp3) is 0.600. The Kier molecular flexibility index (Phi) is 8.76. The highest BCUT2D eigenvalue weighted by molar-refractivity contribution is 5.80. The highest BCUT2D eigenvalue weighted by Crippen LogP contribution is 2.31. The van der Waals surface area contributed by atoms with E-state index < -0.39 is 17.8 Å². The van der Waals surface area contributed by atoms with Crippen LogP contribution in [0.4, 0.5) is 13.2 Å². The molecular formula is C20H29F3N4O3. The van der Waals surface area contributed by atoms with E-state index in [0.717, 1.165) is 18.6 Å². The van der Waals surface area contributed by atoms with Crippen LogP contribution in [0.1, 0.15) is 32.3 Å². The average molecular weight is 430 g/mol. The van der Waals surface area contributed by atoms with Crippen molar-refractivity contribution >= 4 is 11.9 Å². The van der Waals surface area contributed by atoms with Crippen molar-refractivity contribution in [3.8, 4) is 5.75 Å². The van der Waals surface area contributed by atoms with Gasteiger partial charge in [-0.15, -0.1) is 0 Å². The normalized spacial score (nSPS) is 18.3. The van der Waals surface area contributed by atoms with Gasteiger partial charge in [-0.05, 0) is 31.5 Å². The van der Waals surface area contributed by atoms with E-state index in [1.807, 2.05) is 13.8 Å². The molecule has 1 aliphatic heterocycles. The van der Waals surface area contributed by atoms with Gasteiger partial charge in [0.05, 0.1) is 12.1 Å². The zero-order valence-corrected chi connectivity index (χ0v) is 17.2. The molecule has 0 radical (unpaired) electrons. The van der Waals surface area contributed by atoms with Crippen LogP contribution in [0.5, 0.6) is 5.75 Å². The van der Waals surface area contributed by atoms with Gasteiger partial charge in [-0.1, -0.05) is 13.0 Å². The van der Waals surface area contributed by atoms with Crippen LogP contribution in [0, 0.1) is 0 Å². The van der Waals surface area contributed by atoms with E-state index in [1.54, 1.807) is 4.90 Å². The maximum Gasteiger partial charge on any atom is 0.416 e. The number of nitrogens with zero attached hydrogens (tertiary/aromatic N) is 2. The number of carbonyl (C=O) groups is 1. The Morgan fingerprint density at radius 2 is 2.17 bits per heavy atom. The number of aliphatic imine (C=N–C) groups is 1. The van der Waals surface area contributed by atoms with Gasteiger partial charge in [-0.25, -0.2) is 0 Å². The summed E-state index contributed by atoms with van der Waals surface area (Å²) in [5.41, 5.74) is -0.807. The first-order valence-corrected chi connectivity index (χ1v) is 10.0. The molecule has 1 amide bonds. The third-order valence-corrected chi connectivity index (χ3v) is 4.59. The monoisotopic (exact) mass is 430 g/mol. The lowest BCUT2D eigenvalue weighted by atomic mass is 10.2. The molecule has 2 unspecified atom stereocenters. The van der Waals surface area contributed by atoms with E-state index >= 15 is 0 Å². The van der Waals surface area contributed by atoms with E-state index in [9.17, 15) is 23.1 Å². The summed E-state index contributed by atoms with van der Waals surface area (Å²) in [6, 6.07) is 4.58. The lowest BCUT2D eigenvalue weighted by Gasteiger charge is -2.19. The second-order valence-corrected chi connectivity index (χ2v) is 7.03. The number of ether oxygens (including phenoxy) is 1. The summed E-state index contributed by atoms with van der Waals surface area (Å²) in [6.07, 6.45) is -4.17. The number of rotatable bonds is 8. The fourth-order valence-corrected chi connectivity index (χ4v) is 3.05. The Labute approximate surface area is 174 Å². The summed E-state index contributed by atoms with van der Waals surface area (Å²) < 4.78 is 43.5. The van der Waals surface area contributed by atoms with Gasteiger partial charge in [-0.2, -0.15) is 13.2 Å². The SMILES string of the molecule is CCNC(=NCC(O)COc1cccc(C(F)(F)F)c1)NC1CCN(C(=O)CC)C1. The number of alkyl halides is 3. The summed E-state index contributed by atoms with van der Waals surface area (Å²) in [5, 5.41) is 16.4. The Bertz CT molecular complexity index is 727. The predicted octanol–water partition coefficient (Wildman–Crippen LogP) is 2.01. The van der Waals surface area contributed by atoms with Gasteiger partial charge in [0.1, 0.15) is 18.5 Å². The van der Waals surface area contributed by atoms with Crippen molar-refractivity contribution in [2.75, 3.05) is 32.8 Å². The zero-order chi connectivity index (χ0) is 22.1. The highest BCUT2D eigenvalue weighted by atomic mass is 19.4. The number of guanidine groups is 1. The number of aliphatic hydroxyl groups is 1. The number of hydrogen-bond donors (Lipinski definition) is 3. The van der Waals surface area contributed by atoms with E-state index in [2.05, 4.69) is 15.6 Å². The van der Waals surface area contributed by atoms with Gasteiger partial charge in [0.15, 0.2) is 5.96 Å². The molecule has 1 heterocycles. The molecule has 1 aliphatic rings. The van der Waals surface area contributed by atoms with Crippen LogP contribution in [0.25, 0.3) is 0 Å². The van der Waals surface area contributed by atoms with Crippen molar-refractivity contribution in [1.29, 1.82) is 0 Å². The molecule has 2 rings (SSSR count). The maximum atomic E-state index is 12.7. The number of carbonyl (C=O) groups excluding carboxylic acids is 1. The minimum Gasteiger partial charge on any atom is -0.491 e. The lowest BCUT2D eigenvalue weighted by Crippen LogP contribution is -2.45. The smallest absolute Gasteiger partial charge is 0.416 e. The summed E-state index contributed by atoms with van der Waals surface area (Å²) >= 11 is 0. The maximum absolute atomic E-state index is 12.7. The van der Waals surface area contributed by atoms with Gasteiger partial charge in [-0.3, -0.25) is 9.79 Å².